The van der Waals surface area contributed by atoms with Crippen LogP contribution >= 0.6 is 0 Å². The van der Waals surface area contributed by atoms with Gasteiger partial charge in [-0.05, 0) is 75.1 Å². The van der Waals surface area contributed by atoms with Gasteiger partial charge in [0.2, 0.25) is 5.91 Å². The Morgan fingerprint density at radius 1 is 1.00 bits per heavy atom. The fraction of sp³-hybridized carbons (Fsp3) is 0.312. The molecule has 232 valence electrons. The summed E-state index contributed by atoms with van der Waals surface area (Å²) in [6, 6.07) is 10.8. The number of nitrogens with zero attached hydrogens (tertiary/aromatic N) is 2. The van der Waals surface area contributed by atoms with Gasteiger partial charge in [0.05, 0.1) is 33.9 Å². The van der Waals surface area contributed by atoms with Crippen LogP contribution in [0.25, 0.3) is 32.9 Å². The summed E-state index contributed by atoms with van der Waals surface area (Å²) in [7, 11) is 0. The molecule has 5 aromatic rings. The molecule has 0 fully saturated rings. The average Bonchev–Trinajstić information content (AvgIpc) is 3.42. The highest BCUT2D eigenvalue weighted by Gasteiger charge is 2.38. The maximum atomic E-state index is 14.3. The molecular formula is C32H29F6N3O3. The number of aryl methyl sites for hydroxylation is 2. The number of hydrogen-bond acceptors (Lipinski definition) is 4. The Hall–Kier alpha value is -4.32. The molecule has 0 saturated carbocycles. The van der Waals surface area contributed by atoms with E-state index in [1.807, 2.05) is 0 Å². The monoisotopic (exact) mass is 617 g/mol. The van der Waals surface area contributed by atoms with Gasteiger partial charge in [0.15, 0.2) is 0 Å². The number of rotatable bonds is 7. The Bertz CT molecular complexity index is 1870. The van der Waals surface area contributed by atoms with Crippen molar-refractivity contribution in [1.29, 1.82) is 0 Å². The molecule has 0 aliphatic heterocycles. The molecule has 3 N–H and O–H groups in total. The van der Waals surface area contributed by atoms with E-state index in [4.69, 9.17) is 10.3 Å². The number of carbonyl (C=O) groups excluding carboxylic acids is 1. The van der Waals surface area contributed by atoms with E-state index in [1.165, 1.54) is 42.7 Å². The maximum absolute atomic E-state index is 14.3. The predicted octanol–water partition coefficient (Wildman–Crippen LogP) is 8.34. The Kier molecular flexibility index (Phi) is 7.56. The van der Waals surface area contributed by atoms with Gasteiger partial charge in [0.1, 0.15) is 5.76 Å². The Balaban J connectivity index is 1.99. The summed E-state index contributed by atoms with van der Waals surface area (Å²) in [6.45, 7) is 6.31. The molecule has 2 aromatic heterocycles. The van der Waals surface area contributed by atoms with Crippen molar-refractivity contribution in [2.45, 2.75) is 64.5 Å². The molecule has 0 spiro atoms. The molecule has 3 aromatic carbocycles. The van der Waals surface area contributed by atoms with Crippen LogP contribution in [-0.4, -0.2) is 26.9 Å². The van der Waals surface area contributed by atoms with Crippen molar-refractivity contribution < 1.29 is 40.8 Å². The number of hydrogen-bond donors (Lipinski definition) is 2. The van der Waals surface area contributed by atoms with Gasteiger partial charge in [-0.15, -0.1) is 0 Å². The lowest BCUT2D eigenvalue weighted by Gasteiger charge is -2.26. The number of aliphatic hydroxyl groups is 1. The first-order valence-electron chi connectivity index (χ1n) is 13.7. The second kappa shape index (κ2) is 10.7. The largest absolute Gasteiger partial charge is 0.416 e. The third kappa shape index (κ3) is 5.66. The second-order valence-electron chi connectivity index (χ2n) is 11.4. The van der Waals surface area contributed by atoms with Crippen LogP contribution in [0, 0.1) is 13.8 Å². The van der Waals surface area contributed by atoms with Crippen LogP contribution in [0.3, 0.4) is 0 Å². The summed E-state index contributed by atoms with van der Waals surface area (Å²) in [5, 5.41) is 15.4. The van der Waals surface area contributed by atoms with E-state index in [9.17, 15) is 36.2 Å². The first-order valence-corrected chi connectivity index (χ1v) is 13.7. The van der Waals surface area contributed by atoms with Crippen molar-refractivity contribution >= 4 is 27.7 Å². The van der Waals surface area contributed by atoms with Crippen LogP contribution in [-0.2, 0) is 11.8 Å². The Morgan fingerprint density at radius 2 is 1.68 bits per heavy atom. The van der Waals surface area contributed by atoms with Crippen LogP contribution in [0.15, 0.2) is 59.1 Å². The third-order valence-corrected chi connectivity index (χ3v) is 7.84. The molecule has 1 atom stereocenters. The lowest BCUT2D eigenvalue weighted by atomic mass is 9.94. The number of amides is 1. The van der Waals surface area contributed by atoms with Gasteiger partial charge >= 0.3 is 12.4 Å². The second-order valence-corrected chi connectivity index (χ2v) is 11.4. The minimum absolute atomic E-state index is 0.0101. The quantitative estimate of drug-likeness (QED) is 0.180. The molecule has 0 aliphatic rings. The van der Waals surface area contributed by atoms with E-state index >= 15 is 0 Å². The van der Waals surface area contributed by atoms with Gasteiger partial charge < -0.3 is 19.9 Å². The number of benzene rings is 3. The van der Waals surface area contributed by atoms with Crippen molar-refractivity contribution in [2.24, 2.45) is 5.73 Å². The molecule has 0 saturated heterocycles. The number of aromatic nitrogens is 2. The van der Waals surface area contributed by atoms with E-state index < -0.39 is 48.3 Å². The zero-order chi connectivity index (χ0) is 32.4. The smallest absolute Gasteiger partial charge is 0.386 e. The molecule has 12 heteroatoms. The number of primary amides is 1. The fourth-order valence-corrected chi connectivity index (χ4v) is 5.89. The molecule has 1 unspecified atom stereocenters. The normalized spacial score (nSPS) is 13.6. The summed E-state index contributed by atoms with van der Waals surface area (Å²) in [6.07, 6.45) is -11.7. The number of alkyl halides is 6. The summed E-state index contributed by atoms with van der Waals surface area (Å²) in [4.78, 5) is 12.9. The van der Waals surface area contributed by atoms with Gasteiger partial charge in [-0.1, -0.05) is 35.5 Å². The average molecular weight is 618 g/mol. The van der Waals surface area contributed by atoms with E-state index in [0.717, 1.165) is 12.1 Å². The summed E-state index contributed by atoms with van der Waals surface area (Å²) in [5.74, 6) is -0.461. The molecular weight excluding hydrogens is 588 g/mol. The molecule has 0 aliphatic carbocycles. The minimum Gasteiger partial charge on any atom is -0.386 e. The van der Waals surface area contributed by atoms with Crippen LogP contribution in [0.1, 0.15) is 71.2 Å². The van der Waals surface area contributed by atoms with Crippen LogP contribution in [0.2, 0.25) is 0 Å². The summed E-state index contributed by atoms with van der Waals surface area (Å²) >= 11 is 0. The van der Waals surface area contributed by atoms with Gasteiger partial charge in [0.25, 0.3) is 0 Å². The molecule has 0 bridgehead atoms. The number of nitrogens with two attached hydrogens (primary N) is 1. The molecule has 2 heterocycles. The lowest BCUT2D eigenvalue weighted by Crippen LogP contribution is -2.20. The van der Waals surface area contributed by atoms with E-state index in [0.29, 0.717) is 33.5 Å². The van der Waals surface area contributed by atoms with Gasteiger partial charge in [-0.3, -0.25) is 4.79 Å². The minimum atomic E-state index is -4.87. The van der Waals surface area contributed by atoms with Gasteiger partial charge in [-0.2, -0.15) is 26.3 Å². The highest BCUT2D eigenvalue weighted by molar-refractivity contribution is 6.19. The van der Waals surface area contributed by atoms with Crippen LogP contribution < -0.4 is 5.73 Å². The van der Waals surface area contributed by atoms with Gasteiger partial charge in [0, 0.05) is 28.3 Å². The van der Waals surface area contributed by atoms with E-state index in [1.54, 1.807) is 32.0 Å². The highest BCUT2D eigenvalue weighted by atomic mass is 19.4. The van der Waals surface area contributed by atoms with Crippen LogP contribution in [0.4, 0.5) is 26.3 Å². The first-order chi connectivity index (χ1) is 20.4. The zero-order valence-electron chi connectivity index (χ0n) is 24.2. The summed E-state index contributed by atoms with van der Waals surface area (Å²) < 4.78 is 90.9. The Morgan fingerprint density at radius 3 is 2.25 bits per heavy atom. The van der Waals surface area contributed by atoms with Crippen LogP contribution in [0.5, 0.6) is 0 Å². The number of halogens is 6. The molecule has 0 radical (unpaired) electrons. The summed E-state index contributed by atoms with van der Waals surface area (Å²) in [5.41, 5.74) is 5.11. The van der Waals surface area contributed by atoms with Crippen molar-refractivity contribution in [3.63, 3.8) is 0 Å². The predicted molar refractivity (Wildman–Crippen MR) is 153 cm³/mol. The topological polar surface area (TPSA) is 94.3 Å². The molecule has 6 nitrogen and oxygen atoms in total. The number of carbonyl (C=O) groups is 1. The van der Waals surface area contributed by atoms with E-state index in [-0.39, 0.29) is 27.5 Å². The van der Waals surface area contributed by atoms with Gasteiger partial charge in [-0.25, -0.2) is 0 Å². The molecule has 1 amide bonds. The third-order valence-electron chi connectivity index (χ3n) is 7.84. The Labute approximate surface area is 248 Å². The van der Waals surface area contributed by atoms with Crippen molar-refractivity contribution in [3.8, 4) is 11.1 Å². The standard InChI is InChI=1S/C32H29F6N3O3/c1-16-27(17(2)44-40-16)18-13-22(29(39)42)28-21-10-9-19(30(3,4)43)15-25(21)41(26(28)14-18)24(11-12-31(33,34)35)20-7-5-6-8-23(20)32(36,37)38/h5-10,13-15,24,43H,11-12H2,1-4H3,(H2,39,42). The van der Waals surface area contributed by atoms with Crippen molar-refractivity contribution in [3.05, 3.63) is 88.3 Å². The molecule has 5 rings (SSSR count). The fourth-order valence-electron chi connectivity index (χ4n) is 5.89. The molecule has 44 heavy (non-hydrogen) atoms. The van der Waals surface area contributed by atoms with Crippen molar-refractivity contribution in [1.82, 2.24) is 9.72 Å². The number of fused-ring (bicyclic) bond motifs is 3. The van der Waals surface area contributed by atoms with Crippen molar-refractivity contribution in [2.75, 3.05) is 0 Å². The first kappa shape index (κ1) is 31.1. The highest BCUT2D eigenvalue weighted by Crippen LogP contribution is 2.45. The SMILES string of the molecule is Cc1noc(C)c1-c1cc(C(N)=O)c2c3ccc(C(C)(C)O)cc3n(C(CCC(F)(F)F)c3ccccc3C(F)(F)F)c2c1. The lowest BCUT2D eigenvalue weighted by molar-refractivity contribution is -0.139. The maximum Gasteiger partial charge on any atom is 0.416 e. The van der Waals surface area contributed by atoms with E-state index in [2.05, 4.69) is 5.16 Å². The zero-order valence-corrected chi connectivity index (χ0v) is 24.2.